The van der Waals surface area contributed by atoms with Crippen molar-refractivity contribution in [2.45, 2.75) is 38.0 Å². The molecule has 0 spiro atoms. The third-order valence-corrected chi connectivity index (χ3v) is 3.70. The molecule has 0 aromatic heterocycles. The molecule has 22 heavy (non-hydrogen) atoms. The van der Waals surface area contributed by atoms with Crippen molar-refractivity contribution in [2.24, 2.45) is 0 Å². The summed E-state index contributed by atoms with van der Waals surface area (Å²) in [5, 5.41) is 3.20. The van der Waals surface area contributed by atoms with E-state index in [1.54, 1.807) is 0 Å². The molecule has 0 saturated carbocycles. The Morgan fingerprint density at radius 3 is 2.86 bits per heavy atom. The van der Waals surface area contributed by atoms with Crippen molar-refractivity contribution in [2.75, 3.05) is 26.9 Å². The minimum atomic E-state index is -0.358. The molecule has 1 aromatic rings. The van der Waals surface area contributed by atoms with E-state index in [-0.39, 0.29) is 18.3 Å². The molecule has 2 rings (SSSR count). The van der Waals surface area contributed by atoms with E-state index in [1.807, 2.05) is 30.3 Å². The zero-order valence-corrected chi connectivity index (χ0v) is 13.1. The minimum Gasteiger partial charge on any atom is -0.468 e. The highest BCUT2D eigenvalue weighted by atomic mass is 16.7. The smallest absolute Gasteiger partial charge is 0.323 e. The van der Waals surface area contributed by atoms with Gasteiger partial charge >= 0.3 is 5.97 Å². The van der Waals surface area contributed by atoms with Crippen molar-refractivity contribution in [3.8, 4) is 0 Å². The van der Waals surface area contributed by atoms with Crippen LogP contribution in [0.25, 0.3) is 0 Å². The number of hydrogen-bond acceptors (Lipinski definition) is 5. The molecule has 0 amide bonds. The average molecular weight is 307 g/mol. The molecule has 122 valence electrons. The molecule has 0 radical (unpaired) electrons. The Kier molecular flexibility index (Phi) is 7.36. The normalized spacial score (nSPS) is 19.6. The third-order valence-electron chi connectivity index (χ3n) is 3.70. The highest BCUT2D eigenvalue weighted by Crippen LogP contribution is 2.13. The van der Waals surface area contributed by atoms with Gasteiger partial charge < -0.3 is 19.5 Å². The first kappa shape index (κ1) is 16.9. The fraction of sp³-hybridized carbons (Fsp3) is 0.588. The van der Waals surface area contributed by atoms with Crippen molar-refractivity contribution < 1.29 is 19.0 Å². The maximum Gasteiger partial charge on any atom is 0.323 e. The quantitative estimate of drug-likeness (QED) is 0.587. The maximum absolute atomic E-state index is 11.9. The summed E-state index contributed by atoms with van der Waals surface area (Å²) in [5.41, 5.74) is 1.10. The van der Waals surface area contributed by atoms with E-state index in [1.165, 1.54) is 7.11 Å². The van der Waals surface area contributed by atoms with Crippen LogP contribution in [0.3, 0.4) is 0 Å². The van der Waals surface area contributed by atoms with Crippen LogP contribution in [0.1, 0.15) is 24.8 Å². The highest BCUT2D eigenvalue weighted by molar-refractivity contribution is 5.76. The van der Waals surface area contributed by atoms with E-state index in [2.05, 4.69) is 5.32 Å². The predicted molar refractivity (Wildman–Crippen MR) is 83.5 cm³/mol. The van der Waals surface area contributed by atoms with Gasteiger partial charge in [0.05, 0.1) is 13.7 Å². The van der Waals surface area contributed by atoms with Gasteiger partial charge in [0.2, 0.25) is 0 Å². The third kappa shape index (κ3) is 5.75. The van der Waals surface area contributed by atoms with Crippen LogP contribution in [-0.4, -0.2) is 45.2 Å². The summed E-state index contributed by atoms with van der Waals surface area (Å²) in [4.78, 5) is 11.9. The summed E-state index contributed by atoms with van der Waals surface area (Å²) >= 11 is 0. The summed E-state index contributed by atoms with van der Waals surface area (Å²) in [7, 11) is 1.41. The Hall–Kier alpha value is -1.43. The number of esters is 1. The summed E-state index contributed by atoms with van der Waals surface area (Å²) < 4.78 is 16.0. The van der Waals surface area contributed by atoms with E-state index >= 15 is 0 Å². The van der Waals surface area contributed by atoms with Crippen molar-refractivity contribution in [1.29, 1.82) is 0 Å². The predicted octanol–water partition coefficient (Wildman–Crippen LogP) is 1.90. The van der Waals surface area contributed by atoms with Gasteiger partial charge in [-0.3, -0.25) is 4.79 Å². The maximum atomic E-state index is 11.9. The lowest BCUT2D eigenvalue weighted by Crippen LogP contribution is -2.41. The molecule has 5 nitrogen and oxygen atoms in total. The molecule has 1 heterocycles. The van der Waals surface area contributed by atoms with Crippen LogP contribution in [0.4, 0.5) is 0 Å². The Bertz CT molecular complexity index is 432. The van der Waals surface area contributed by atoms with E-state index < -0.39 is 0 Å². The molecule has 1 fully saturated rings. The second kappa shape index (κ2) is 9.56. The Morgan fingerprint density at radius 1 is 1.36 bits per heavy atom. The summed E-state index contributed by atoms with van der Waals surface area (Å²) in [6.07, 6.45) is 3.72. The fourth-order valence-corrected chi connectivity index (χ4v) is 2.50. The fourth-order valence-electron chi connectivity index (χ4n) is 2.50. The van der Waals surface area contributed by atoms with Gasteiger partial charge in [-0.15, -0.1) is 0 Å². The standard InChI is InChI=1S/C17H25NO4/c1-20-17(19)15(13-14-7-3-2-4-8-14)18-10-12-22-16-9-5-6-11-21-16/h2-4,7-8,15-16,18H,5-6,9-13H2,1H3/t15-,16+/m1/s1. The van der Waals surface area contributed by atoms with E-state index in [9.17, 15) is 4.79 Å². The van der Waals surface area contributed by atoms with Crippen LogP contribution in [0, 0.1) is 0 Å². The number of rotatable bonds is 8. The number of carbonyl (C=O) groups is 1. The lowest BCUT2D eigenvalue weighted by atomic mass is 10.1. The first-order chi connectivity index (χ1) is 10.8. The van der Waals surface area contributed by atoms with Gasteiger partial charge in [-0.25, -0.2) is 0 Å². The number of nitrogens with one attached hydrogen (secondary N) is 1. The van der Waals surface area contributed by atoms with Gasteiger partial charge in [0, 0.05) is 13.2 Å². The van der Waals surface area contributed by atoms with Crippen LogP contribution in [0.2, 0.25) is 0 Å². The van der Waals surface area contributed by atoms with Crippen molar-refractivity contribution in [3.63, 3.8) is 0 Å². The topological polar surface area (TPSA) is 56.8 Å². The second-order valence-electron chi connectivity index (χ2n) is 5.39. The second-order valence-corrected chi connectivity index (χ2v) is 5.39. The largest absolute Gasteiger partial charge is 0.468 e. The van der Waals surface area contributed by atoms with Gasteiger partial charge in [-0.2, -0.15) is 0 Å². The number of methoxy groups -OCH3 is 1. The highest BCUT2D eigenvalue weighted by Gasteiger charge is 2.19. The van der Waals surface area contributed by atoms with Gasteiger partial charge in [-0.05, 0) is 31.2 Å². The molecule has 0 aliphatic carbocycles. The minimum absolute atomic E-state index is 0.0961. The molecule has 1 saturated heterocycles. The number of benzene rings is 1. The summed E-state index contributed by atoms with van der Waals surface area (Å²) in [6, 6.07) is 9.54. The van der Waals surface area contributed by atoms with Crippen molar-refractivity contribution >= 4 is 5.97 Å². The van der Waals surface area contributed by atoms with E-state index in [0.29, 0.717) is 19.6 Å². The Balaban J connectivity index is 1.73. The average Bonchev–Trinajstić information content (AvgIpc) is 2.58. The Labute approximate surface area is 131 Å². The van der Waals surface area contributed by atoms with E-state index in [4.69, 9.17) is 14.2 Å². The zero-order chi connectivity index (χ0) is 15.6. The SMILES string of the molecule is COC(=O)[C@@H](Cc1ccccc1)NCCO[C@H]1CCCCO1. The van der Waals surface area contributed by atoms with Gasteiger partial charge in [0.1, 0.15) is 6.04 Å². The molecule has 5 heteroatoms. The van der Waals surface area contributed by atoms with Crippen LogP contribution in [0.15, 0.2) is 30.3 Å². The van der Waals surface area contributed by atoms with Gasteiger partial charge in [0.25, 0.3) is 0 Å². The van der Waals surface area contributed by atoms with Crippen molar-refractivity contribution in [3.05, 3.63) is 35.9 Å². The summed E-state index contributed by atoms with van der Waals surface area (Å²) in [6.45, 7) is 1.89. The molecule has 1 N–H and O–H groups in total. The number of ether oxygens (including phenoxy) is 3. The van der Waals surface area contributed by atoms with Crippen molar-refractivity contribution in [1.82, 2.24) is 5.32 Å². The molecule has 1 aliphatic heterocycles. The number of hydrogen-bond donors (Lipinski definition) is 1. The zero-order valence-electron chi connectivity index (χ0n) is 13.1. The molecule has 2 atom stereocenters. The molecule has 0 bridgehead atoms. The molecule has 0 unspecified atom stereocenters. The van der Waals surface area contributed by atoms with E-state index in [0.717, 1.165) is 31.4 Å². The Morgan fingerprint density at radius 2 is 2.18 bits per heavy atom. The van der Waals surface area contributed by atoms with Crippen LogP contribution in [0.5, 0.6) is 0 Å². The number of carbonyl (C=O) groups excluding carboxylic acids is 1. The molecule has 1 aromatic carbocycles. The molecule has 1 aliphatic rings. The first-order valence-electron chi connectivity index (χ1n) is 7.88. The van der Waals surface area contributed by atoms with Gasteiger partial charge in [-0.1, -0.05) is 30.3 Å². The molecular weight excluding hydrogens is 282 g/mol. The van der Waals surface area contributed by atoms with Crippen LogP contribution in [-0.2, 0) is 25.4 Å². The monoisotopic (exact) mass is 307 g/mol. The summed E-state index contributed by atoms with van der Waals surface area (Å²) in [5.74, 6) is -0.252. The lowest BCUT2D eigenvalue weighted by Gasteiger charge is -2.23. The molecular formula is C17H25NO4. The van der Waals surface area contributed by atoms with Gasteiger partial charge in [0.15, 0.2) is 6.29 Å². The lowest BCUT2D eigenvalue weighted by molar-refractivity contribution is -0.161. The first-order valence-corrected chi connectivity index (χ1v) is 7.88. The van der Waals surface area contributed by atoms with Crippen LogP contribution < -0.4 is 5.32 Å². The van der Waals surface area contributed by atoms with Crippen LogP contribution >= 0.6 is 0 Å².